The fourth-order valence-electron chi connectivity index (χ4n) is 3.54. The first-order valence-corrected chi connectivity index (χ1v) is 12.5. The molecule has 2 aliphatic rings. The van der Waals surface area contributed by atoms with E-state index in [1.165, 1.54) is 36.4 Å². The Labute approximate surface area is 218 Å². The van der Waals surface area contributed by atoms with Crippen LogP contribution in [0.2, 0.25) is 20.1 Å². The molecular formula is C20H12Cl4N2O8S. The van der Waals surface area contributed by atoms with Crippen LogP contribution < -0.4 is 9.80 Å². The van der Waals surface area contributed by atoms with Gasteiger partial charge in [0.05, 0.1) is 24.2 Å². The lowest BCUT2D eigenvalue weighted by Crippen LogP contribution is -2.36. The summed E-state index contributed by atoms with van der Waals surface area (Å²) in [5.74, 6) is -3.57. The first kappa shape index (κ1) is 25.8. The highest BCUT2D eigenvalue weighted by Crippen LogP contribution is 2.33. The molecule has 0 aliphatic carbocycles. The Bertz CT molecular complexity index is 1250. The summed E-state index contributed by atoms with van der Waals surface area (Å²) < 4.78 is 34.4. The molecule has 2 fully saturated rings. The monoisotopic (exact) mass is 580 g/mol. The van der Waals surface area contributed by atoms with Gasteiger partial charge in [0.25, 0.3) is 11.8 Å². The maximum Gasteiger partial charge on any atom is 0.401 e. The molecule has 2 aromatic carbocycles. The minimum absolute atomic E-state index is 0.0225. The van der Waals surface area contributed by atoms with Crippen molar-refractivity contribution >= 4 is 91.8 Å². The molecule has 35 heavy (non-hydrogen) atoms. The van der Waals surface area contributed by atoms with Crippen LogP contribution in [0.5, 0.6) is 0 Å². The Morgan fingerprint density at radius 1 is 0.629 bits per heavy atom. The maximum absolute atomic E-state index is 12.7. The SMILES string of the molecule is O=C1CC(OS(=O)(=O)OC2CC(=O)N(c3cc(Cl)cc(Cl)c3)C2=O)C(=O)N1c1cc(Cl)cc(Cl)c1. The molecule has 10 nitrogen and oxygen atoms in total. The van der Waals surface area contributed by atoms with Crippen LogP contribution in [0.25, 0.3) is 0 Å². The van der Waals surface area contributed by atoms with Gasteiger partial charge in [0.1, 0.15) is 0 Å². The molecule has 2 atom stereocenters. The zero-order valence-electron chi connectivity index (χ0n) is 17.1. The first-order valence-electron chi connectivity index (χ1n) is 9.62. The molecule has 2 aromatic rings. The van der Waals surface area contributed by atoms with E-state index in [9.17, 15) is 27.6 Å². The van der Waals surface area contributed by atoms with Crippen LogP contribution in [-0.2, 0) is 37.9 Å². The molecule has 2 aliphatic heterocycles. The van der Waals surface area contributed by atoms with Gasteiger partial charge in [0.2, 0.25) is 11.8 Å². The van der Waals surface area contributed by atoms with E-state index < -0.39 is 59.1 Å². The van der Waals surface area contributed by atoms with Gasteiger partial charge in [-0.05, 0) is 36.4 Å². The summed E-state index contributed by atoms with van der Waals surface area (Å²) in [6.45, 7) is 0. The highest BCUT2D eigenvalue weighted by molar-refractivity contribution is 7.82. The number of nitrogens with zero attached hydrogens (tertiary/aromatic N) is 2. The number of imide groups is 2. The van der Waals surface area contributed by atoms with Crippen LogP contribution in [0.3, 0.4) is 0 Å². The van der Waals surface area contributed by atoms with E-state index >= 15 is 0 Å². The van der Waals surface area contributed by atoms with E-state index in [0.29, 0.717) is 9.80 Å². The lowest BCUT2D eigenvalue weighted by Gasteiger charge is -2.17. The molecule has 0 bridgehead atoms. The van der Waals surface area contributed by atoms with E-state index in [2.05, 4.69) is 0 Å². The van der Waals surface area contributed by atoms with Gasteiger partial charge >= 0.3 is 10.4 Å². The fourth-order valence-corrected chi connectivity index (χ4v) is 5.49. The Morgan fingerprint density at radius 2 is 0.943 bits per heavy atom. The molecule has 2 saturated heterocycles. The Hall–Kier alpha value is -2.25. The van der Waals surface area contributed by atoms with Crippen molar-refractivity contribution in [3.05, 3.63) is 56.5 Å². The van der Waals surface area contributed by atoms with Crippen molar-refractivity contribution in [2.75, 3.05) is 9.80 Å². The largest absolute Gasteiger partial charge is 0.401 e. The molecule has 0 aromatic heterocycles. The second-order valence-corrected chi connectivity index (χ2v) is 10.3. The van der Waals surface area contributed by atoms with Crippen LogP contribution in [-0.4, -0.2) is 44.3 Å². The molecular weight excluding hydrogens is 570 g/mol. The molecule has 15 heteroatoms. The van der Waals surface area contributed by atoms with Crippen molar-refractivity contribution < 1.29 is 36.0 Å². The number of benzene rings is 2. The topological polar surface area (TPSA) is 127 Å². The highest BCUT2D eigenvalue weighted by Gasteiger charge is 2.47. The number of hydrogen-bond acceptors (Lipinski definition) is 8. The van der Waals surface area contributed by atoms with E-state index in [1.54, 1.807) is 0 Å². The van der Waals surface area contributed by atoms with E-state index in [0.717, 1.165) is 0 Å². The van der Waals surface area contributed by atoms with Gasteiger partial charge in [-0.25, -0.2) is 18.2 Å². The van der Waals surface area contributed by atoms with E-state index in [4.69, 9.17) is 54.8 Å². The van der Waals surface area contributed by atoms with Gasteiger partial charge in [-0.2, -0.15) is 8.42 Å². The van der Waals surface area contributed by atoms with E-state index in [-0.39, 0.29) is 31.5 Å². The minimum atomic E-state index is -5.01. The van der Waals surface area contributed by atoms with Gasteiger partial charge < -0.3 is 0 Å². The third-order valence-electron chi connectivity index (χ3n) is 4.89. The smallest absolute Gasteiger partial charge is 0.274 e. The molecule has 0 radical (unpaired) electrons. The van der Waals surface area contributed by atoms with Crippen molar-refractivity contribution in [3.63, 3.8) is 0 Å². The lowest BCUT2D eigenvalue weighted by atomic mass is 10.3. The number of anilines is 2. The zero-order chi connectivity index (χ0) is 25.7. The highest BCUT2D eigenvalue weighted by atomic mass is 35.5. The van der Waals surface area contributed by atoms with Gasteiger partial charge in [0, 0.05) is 20.1 Å². The standard InChI is InChI=1S/C20H12Cl4N2O8S/c21-9-1-10(22)4-13(3-9)25-17(27)7-15(19(25)29)33-35(31,32)34-16-8-18(28)26(20(16)30)14-5-11(23)2-12(24)6-14/h1-6,15-16H,7-8H2. The summed E-state index contributed by atoms with van der Waals surface area (Å²) in [4.78, 5) is 51.5. The van der Waals surface area contributed by atoms with Crippen molar-refractivity contribution in [2.24, 2.45) is 0 Å². The van der Waals surface area contributed by atoms with Crippen LogP contribution in [0.4, 0.5) is 11.4 Å². The quantitative estimate of drug-likeness (QED) is 0.474. The lowest BCUT2D eigenvalue weighted by molar-refractivity contribution is -0.124. The number of carbonyl (C=O) groups is 4. The maximum atomic E-state index is 12.7. The van der Waals surface area contributed by atoms with E-state index in [1.807, 2.05) is 0 Å². The predicted octanol–water partition coefficient (Wildman–Crippen LogP) is 3.54. The summed E-state index contributed by atoms with van der Waals surface area (Å²) in [7, 11) is -5.01. The summed E-state index contributed by atoms with van der Waals surface area (Å²) in [6.07, 6.45) is -4.78. The van der Waals surface area contributed by atoms with Crippen LogP contribution in [0, 0.1) is 0 Å². The Kier molecular flexibility index (Phi) is 7.13. The second kappa shape index (κ2) is 9.66. The number of amides is 4. The number of halogens is 4. The molecule has 0 saturated carbocycles. The van der Waals surface area contributed by atoms with Crippen molar-refractivity contribution in [2.45, 2.75) is 25.0 Å². The predicted molar refractivity (Wildman–Crippen MR) is 126 cm³/mol. The van der Waals surface area contributed by atoms with Crippen molar-refractivity contribution in [1.29, 1.82) is 0 Å². The zero-order valence-corrected chi connectivity index (χ0v) is 21.0. The summed E-state index contributed by atoms with van der Waals surface area (Å²) in [5, 5.41) is 0.568. The third-order valence-corrected chi connectivity index (χ3v) is 6.70. The molecule has 2 unspecified atom stereocenters. The van der Waals surface area contributed by atoms with Gasteiger partial charge in [0.15, 0.2) is 12.2 Å². The van der Waals surface area contributed by atoms with Crippen LogP contribution >= 0.6 is 46.4 Å². The molecule has 2 heterocycles. The average Bonchev–Trinajstić information content (AvgIpc) is 3.13. The third kappa shape index (κ3) is 5.46. The normalized spacial score (nSPS) is 20.9. The molecule has 184 valence electrons. The number of hydrogen-bond donors (Lipinski definition) is 0. The summed E-state index contributed by atoms with van der Waals surface area (Å²) >= 11 is 23.6. The van der Waals surface area contributed by atoms with Gasteiger partial charge in [-0.3, -0.25) is 19.2 Å². The molecule has 4 amide bonds. The first-order chi connectivity index (χ1) is 16.3. The number of carbonyl (C=O) groups excluding carboxylic acids is 4. The second-order valence-electron chi connectivity index (χ2n) is 7.38. The minimum Gasteiger partial charge on any atom is -0.274 e. The van der Waals surface area contributed by atoms with Crippen LogP contribution in [0.1, 0.15) is 12.8 Å². The average molecular weight is 582 g/mol. The van der Waals surface area contributed by atoms with Gasteiger partial charge in [-0.15, -0.1) is 0 Å². The number of rotatable bonds is 6. The summed E-state index contributed by atoms with van der Waals surface area (Å²) in [5.41, 5.74) is 0.0450. The van der Waals surface area contributed by atoms with Gasteiger partial charge in [-0.1, -0.05) is 46.4 Å². The van der Waals surface area contributed by atoms with Crippen molar-refractivity contribution in [1.82, 2.24) is 0 Å². The van der Waals surface area contributed by atoms with Crippen LogP contribution in [0.15, 0.2) is 36.4 Å². The van der Waals surface area contributed by atoms with Crippen molar-refractivity contribution in [3.8, 4) is 0 Å². The fraction of sp³-hybridized carbons (Fsp3) is 0.200. The molecule has 0 spiro atoms. The Balaban J connectivity index is 1.48. The summed E-state index contributed by atoms with van der Waals surface area (Å²) in [6, 6.07) is 7.91. The molecule has 0 N–H and O–H groups in total. The Morgan fingerprint density at radius 3 is 1.26 bits per heavy atom. The molecule has 4 rings (SSSR count).